The third-order valence-electron chi connectivity index (χ3n) is 3.47. The van der Waals surface area contributed by atoms with Crippen LogP contribution >= 0.6 is 0 Å². The van der Waals surface area contributed by atoms with Gasteiger partial charge >= 0.3 is 6.09 Å². The van der Waals surface area contributed by atoms with E-state index in [0.717, 1.165) is 6.42 Å². The van der Waals surface area contributed by atoms with Crippen LogP contribution in [0.3, 0.4) is 0 Å². The first-order chi connectivity index (χ1) is 9.56. The number of aryl methyl sites for hydroxylation is 2. The fraction of sp³-hybridized carbons (Fsp3) is 0.467. The predicted molar refractivity (Wildman–Crippen MR) is 75.4 cm³/mol. The van der Waals surface area contributed by atoms with Crippen LogP contribution in [0.15, 0.2) is 24.3 Å². The molecule has 1 aromatic carbocycles. The van der Waals surface area contributed by atoms with E-state index in [1.54, 1.807) is 7.05 Å². The number of ether oxygens (including phenoxy) is 1. The van der Waals surface area contributed by atoms with Gasteiger partial charge < -0.3 is 15.0 Å². The number of nitrogens with zero attached hydrogens (tertiary/aromatic N) is 1. The normalized spacial score (nSPS) is 18.0. The highest BCUT2D eigenvalue weighted by Gasteiger charge is 2.28. The molecule has 1 aromatic rings. The maximum atomic E-state index is 11.8. The molecule has 1 unspecified atom stereocenters. The number of nitrogens with one attached hydrogen (secondary N) is 1. The van der Waals surface area contributed by atoms with Crippen molar-refractivity contribution in [2.45, 2.75) is 25.9 Å². The highest BCUT2D eigenvalue weighted by atomic mass is 16.6. The standard InChI is InChI=1S/C15H20N2O3/c1-11-5-3-4-6-12(11)7-8-14(18)16-9-13-10-17(2)15(19)20-13/h3-6,13H,7-10H2,1-2H3,(H,16,18). The van der Waals surface area contributed by atoms with Crippen LogP contribution in [0.25, 0.3) is 0 Å². The molecule has 0 aliphatic carbocycles. The number of hydrogen-bond acceptors (Lipinski definition) is 3. The number of hydrogen-bond donors (Lipinski definition) is 1. The minimum atomic E-state index is -0.329. The molecule has 1 fully saturated rings. The van der Waals surface area contributed by atoms with Gasteiger partial charge in [-0.05, 0) is 24.5 Å². The predicted octanol–water partition coefficient (Wildman–Crippen LogP) is 1.49. The molecule has 0 bridgehead atoms. The van der Waals surface area contributed by atoms with Crippen LogP contribution in [0.5, 0.6) is 0 Å². The Labute approximate surface area is 118 Å². The summed E-state index contributed by atoms with van der Waals surface area (Å²) < 4.78 is 5.08. The number of cyclic esters (lactones) is 1. The first-order valence-electron chi connectivity index (χ1n) is 6.79. The van der Waals surface area contributed by atoms with Gasteiger partial charge in [0.05, 0.1) is 13.1 Å². The zero-order chi connectivity index (χ0) is 14.5. The first kappa shape index (κ1) is 14.4. The minimum absolute atomic E-state index is 0.0149. The van der Waals surface area contributed by atoms with Crippen molar-refractivity contribution in [3.05, 3.63) is 35.4 Å². The van der Waals surface area contributed by atoms with Crippen LogP contribution in [0.1, 0.15) is 17.5 Å². The number of benzene rings is 1. The zero-order valence-electron chi connectivity index (χ0n) is 11.9. The van der Waals surface area contributed by atoms with E-state index in [4.69, 9.17) is 4.74 Å². The van der Waals surface area contributed by atoms with Gasteiger partial charge in [0, 0.05) is 13.5 Å². The van der Waals surface area contributed by atoms with E-state index in [1.807, 2.05) is 31.2 Å². The number of rotatable bonds is 5. The third-order valence-corrected chi connectivity index (χ3v) is 3.47. The average Bonchev–Trinajstić information content (AvgIpc) is 2.75. The summed E-state index contributed by atoms with van der Waals surface area (Å²) in [6.07, 6.45) is 0.601. The minimum Gasteiger partial charge on any atom is -0.442 e. The molecule has 0 saturated carbocycles. The van der Waals surface area contributed by atoms with E-state index in [0.29, 0.717) is 19.5 Å². The average molecular weight is 276 g/mol. The Morgan fingerprint density at radius 1 is 1.45 bits per heavy atom. The smallest absolute Gasteiger partial charge is 0.410 e. The molecule has 5 heteroatoms. The van der Waals surface area contributed by atoms with Crippen molar-refractivity contribution in [1.29, 1.82) is 0 Å². The van der Waals surface area contributed by atoms with Crippen molar-refractivity contribution in [3.63, 3.8) is 0 Å². The van der Waals surface area contributed by atoms with Crippen molar-refractivity contribution in [1.82, 2.24) is 10.2 Å². The summed E-state index contributed by atoms with van der Waals surface area (Å²) in [4.78, 5) is 24.5. The van der Waals surface area contributed by atoms with E-state index >= 15 is 0 Å². The number of carbonyl (C=O) groups excluding carboxylic acids is 2. The summed E-state index contributed by atoms with van der Waals surface area (Å²) in [5.74, 6) is -0.0149. The molecule has 2 rings (SSSR count). The molecule has 1 N–H and O–H groups in total. The second kappa shape index (κ2) is 6.41. The van der Waals surface area contributed by atoms with Crippen molar-refractivity contribution >= 4 is 12.0 Å². The van der Waals surface area contributed by atoms with E-state index in [2.05, 4.69) is 5.32 Å². The number of carbonyl (C=O) groups is 2. The highest BCUT2D eigenvalue weighted by molar-refractivity contribution is 5.76. The Kier molecular flexibility index (Phi) is 4.61. The van der Waals surface area contributed by atoms with Gasteiger partial charge in [-0.25, -0.2) is 4.79 Å². The van der Waals surface area contributed by atoms with Crippen molar-refractivity contribution < 1.29 is 14.3 Å². The number of likely N-dealkylation sites (N-methyl/N-ethyl adjacent to an activating group) is 1. The lowest BCUT2D eigenvalue weighted by Crippen LogP contribution is -2.34. The van der Waals surface area contributed by atoms with E-state index < -0.39 is 0 Å². The van der Waals surface area contributed by atoms with Gasteiger partial charge in [-0.3, -0.25) is 4.79 Å². The van der Waals surface area contributed by atoms with E-state index in [1.165, 1.54) is 16.0 Å². The van der Waals surface area contributed by atoms with Gasteiger partial charge in [0.25, 0.3) is 0 Å². The Morgan fingerprint density at radius 3 is 2.85 bits per heavy atom. The Hall–Kier alpha value is -2.04. The summed E-state index contributed by atoms with van der Waals surface area (Å²) in [6.45, 7) is 2.95. The van der Waals surface area contributed by atoms with Gasteiger partial charge in [0.1, 0.15) is 6.10 Å². The molecule has 5 nitrogen and oxygen atoms in total. The van der Waals surface area contributed by atoms with E-state index in [9.17, 15) is 9.59 Å². The van der Waals surface area contributed by atoms with Gasteiger partial charge in [-0.15, -0.1) is 0 Å². The topological polar surface area (TPSA) is 58.6 Å². The molecule has 1 aliphatic heterocycles. The summed E-state index contributed by atoms with van der Waals surface area (Å²) in [7, 11) is 1.68. The SMILES string of the molecule is Cc1ccccc1CCC(=O)NCC1CN(C)C(=O)O1. The summed E-state index contributed by atoms with van der Waals surface area (Å²) in [5.41, 5.74) is 2.39. The van der Waals surface area contributed by atoms with Crippen LogP contribution in [-0.4, -0.2) is 43.1 Å². The first-order valence-corrected chi connectivity index (χ1v) is 6.79. The molecule has 0 radical (unpaired) electrons. The molecule has 1 saturated heterocycles. The summed E-state index contributed by atoms with van der Waals surface area (Å²) in [5, 5.41) is 2.81. The largest absolute Gasteiger partial charge is 0.442 e. The number of amides is 2. The molecule has 1 heterocycles. The molecule has 20 heavy (non-hydrogen) atoms. The molecule has 2 amide bonds. The van der Waals surface area contributed by atoms with Gasteiger partial charge in [-0.1, -0.05) is 24.3 Å². The lowest BCUT2D eigenvalue weighted by molar-refractivity contribution is -0.121. The molecular formula is C15H20N2O3. The zero-order valence-corrected chi connectivity index (χ0v) is 11.9. The Morgan fingerprint density at radius 2 is 2.20 bits per heavy atom. The van der Waals surface area contributed by atoms with Gasteiger partial charge in [0.15, 0.2) is 0 Å². The highest BCUT2D eigenvalue weighted by Crippen LogP contribution is 2.10. The monoisotopic (exact) mass is 276 g/mol. The summed E-state index contributed by atoms with van der Waals surface area (Å²) >= 11 is 0. The second-order valence-electron chi connectivity index (χ2n) is 5.12. The quantitative estimate of drug-likeness (QED) is 0.886. The van der Waals surface area contributed by atoms with Crippen LogP contribution in [-0.2, 0) is 16.0 Å². The molecule has 0 aromatic heterocycles. The third kappa shape index (κ3) is 3.73. The molecule has 1 atom stereocenters. The van der Waals surface area contributed by atoms with Crippen molar-refractivity contribution in [2.24, 2.45) is 0 Å². The molecule has 108 valence electrons. The van der Waals surface area contributed by atoms with Crippen molar-refractivity contribution in [3.8, 4) is 0 Å². The summed E-state index contributed by atoms with van der Waals surface area (Å²) in [6, 6.07) is 8.05. The Bertz CT molecular complexity index is 502. The fourth-order valence-corrected chi connectivity index (χ4v) is 2.21. The van der Waals surface area contributed by atoms with Gasteiger partial charge in [0.2, 0.25) is 5.91 Å². The van der Waals surface area contributed by atoms with E-state index in [-0.39, 0.29) is 18.1 Å². The fourth-order valence-electron chi connectivity index (χ4n) is 2.21. The lowest BCUT2D eigenvalue weighted by Gasteiger charge is -2.10. The molecular weight excluding hydrogens is 256 g/mol. The molecule has 1 aliphatic rings. The maximum Gasteiger partial charge on any atom is 0.410 e. The Balaban J connectivity index is 1.71. The maximum absolute atomic E-state index is 11.8. The van der Waals surface area contributed by atoms with Crippen LogP contribution in [0, 0.1) is 6.92 Å². The van der Waals surface area contributed by atoms with Crippen LogP contribution < -0.4 is 5.32 Å². The molecule has 0 spiro atoms. The van der Waals surface area contributed by atoms with Gasteiger partial charge in [-0.2, -0.15) is 0 Å². The second-order valence-corrected chi connectivity index (χ2v) is 5.12. The van der Waals surface area contributed by atoms with Crippen LogP contribution in [0.2, 0.25) is 0 Å². The lowest BCUT2D eigenvalue weighted by atomic mass is 10.0. The van der Waals surface area contributed by atoms with Crippen molar-refractivity contribution in [2.75, 3.05) is 20.1 Å². The van der Waals surface area contributed by atoms with Crippen LogP contribution in [0.4, 0.5) is 4.79 Å².